The molecule has 0 amide bonds. The maximum Gasteiger partial charge on any atom is 0.336 e. The van der Waals surface area contributed by atoms with E-state index in [1.165, 1.54) is 12.8 Å². The highest BCUT2D eigenvalue weighted by Gasteiger charge is 2.11. The molecule has 0 aliphatic carbocycles. The molecule has 2 aromatic rings. The number of carbonyl (C=O) groups is 1. The molecule has 1 fully saturated rings. The van der Waals surface area contributed by atoms with Gasteiger partial charge < -0.3 is 9.84 Å². The quantitative estimate of drug-likeness (QED) is 0.861. The third-order valence-electron chi connectivity index (χ3n) is 3.12. The Balaban J connectivity index is 0.000000272. The van der Waals surface area contributed by atoms with Crippen LogP contribution in [0.15, 0.2) is 53.0 Å². The number of aromatic carboxylic acids is 1. The highest BCUT2D eigenvalue weighted by Crippen LogP contribution is 2.27. The van der Waals surface area contributed by atoms with E-state index in [9.17, 15) is 4.79 Å². The summed E-state index contributed by atoms with van der Waals surface area (Å²) in [6.45, 7) is 2.00. The lowest BCUT2D eigenvalue weighted by molar-refractivity contribution is 0.0697. The van der Waals surface area contributed by atoms with Crippen LogP contribution in [-0.4, -0.2) is 24.3 Å². The highest BCUT2D eigenvalue weighted by molar-refractivity contribution is 9.10. The summed E-state index contributed by atoms with van der Waals surface area (Å²) in [6.07, 6.45) is 2.56. The van der Waals surface area contributed by atoms with Gasteiger partial charge in [0.25, 0.3) is 0 Å². The fourth-order valence-corrected chi connectivity index (χ4v) is 2.43. The number of benzene rings is 2. The number of hydrogen-bond donors (Lipinski definition) is 1. The molecule has 4 heteroatoms. The SMILES string of the molecule is C1CCOC1.O=C(O)c1ccc(Br)cc1-c1ccccc1. The zero-order valence-electron chi connectivity index (χ0n) is 11.6. The second-order valence-electron chi connectivity index (χ2n) is 4.68. The fraction of sp³-hybridized carbons (Fsp3) is 0.235. The van der Waals surface area contributed by atoms with Gasteiger partial charge in [-0.1, -0.05) is 46.3 Å². The van der Waals surface area contributed by atoms with Crippen LogP contribution in [0, 0.1) is 0 Å². The van der Waals surface area contributed by atoms with Crippen LogP contribution in [-0.2, 0) is 4.74 Å². The van der Waals surface area contributed by atoms with Gasteiger partial charge in [0.15, 0.2) is 0 Å². The average Bonchev–Trinajstić information content (AvgIpc) is 3.07. The molecule has 0 aromatic heterocycles. The molecule has 1 N–H and O–H groups in total. The van der Waals surface area contributed by atoms with Crippen LogP contribution < -0.4 is 0 Å². The van der Waals surface area contributed by atoms with Gasteiger partial charge in [-0.2, -0.15) is 0 Å². The predicted octanol–water partition coefficient (Wildman–Crippen LogP) is 4.61. The van der Waals surface area contributed by atoms with Crippen LogP contribution >= 0.6 is 15.9 Å². The predicted molar refractivity (Wildman–Crippen MR) is 86.6 cm³/mol. The summed E-state index contributed by atoms with van der Waals surface area (Å²) < 4.78 is 5.82. The molecular formula is C17H17BrO3. The van der Waals surface area contributed by atoms with Crippen LogP contribution in [0.25, 0.3) is 11.1 Å². The molecule has 0 radical (unpaired) electrons. The first-order chi connectivity index (χ1) is 10.2. The van der Waals surface area contributed by atoms with Gasteiger partial charge >= 0.3 is 5.97 Å². The minimum absolute atomic E-state index is 0.314. The molecule has 0 bridgehead atoms. The molecule has 21 heavy (non-hydrogen) atoms. The number of rotatable bonds is 2. The van der Waals surface area contributed by atoms with Crippen molar-refractivity contribution >= 4 is 21.9 Å². The van der Waals surface area contributed by atoms with Crippen LogP contribution in [0.5, 0.6) is 0 Å². The van der Waals surface area contributed by atoms with Gasteiger partial charge in [-0.15, -0.1) is 0 Å². The lowest BCUT2D eigenvalue weighted by Gasteiger charge is -2.06. The van der Waals surface area contributed by atoms with E-state index >= 15 is 0 Å². The number of ether oxygens (including phenoxy) is 1. The molecule has 0 spiro atoms. The zero-order chi connectivity index (χ0) is 15.1. The Labute approximate surface area is 132 Å². The van der Waals surface area contributed by atoms with Crippen molar-refractivity contribution in [2.75, 3.05) is 13.2 Å². The summed E-state index contributed by atoms with van der Waals surface area (Å²) in [4.78, 5) is 11.1. The molecule has 1 heterocycles. The first kappa shape index (κ1) is 15.7. The monoisotopic (exact) mass is 348 g/mol. The van der Waals surface area contributed by atoms with Gasteiger partial charge in [0.2, 0.25) is 0 Å². The van der Waals surface area contributed by atoms with Crippen molar-refractivity contribution in [1.82, 2.24) is 0 Å². The van der Waals surface area contributed by atoms with Gasteiger partial charge in [-0.05, 0) is 42.2 Å². The number of halogens is 1. The Kier molecular flexibility index (Phi) is 5.96. The first-order valence-corrected chi connectivity index (χ1v) is 7.64. The van der Waals surface area contributed by atoms with E-state index in [1.807, 2.05) is 36.4 Å². The molecule has 0 atom stereocenters. The molecule has 110 valence electrons. The highest BCUT2D eigenvalue weighted by atomic mass is 79.9. The Bertz CT molecular complexity index is 585. The van der Waals surface area contributed by atoms with Gasteiger partial charge in [-0.25, -0.2) is 4.79 Å². The standard InChI is InChI=1S/C13H9BrO2.C4H8O/c14-10-6-7-11(13(15)16)12(8-10)9-4-2-1-3-5-9;1-2-4-5-3-1/h1-8H,(H,15,16);1-4H2. The lowest BCUT2D eigenvalue weighted by atomic mass is 10.00. The molecule has 1 aliphatic rings. The maximum atomic E-state index is 11.1. The Hall–Kier alpha value is -1.65. The van der Waals surface area contributed by atoms with Crippen molar-refractivity contribution in [3.63, 3.8) is 0 Å². The van der Waals surface area contributed by atoms with Crippen molar-refractivity contribution in [2.24, 2.45) is 0 Å². The summed E-state index contributed by atoms with van der Waals surface area (Å²) in [5, 5.41) is 9.10. The Morgan fingerprint density at radius 2 is 1.71 bits per heavy atom. The van der Waals surface area contributed by atoms with Crippen LogP contribution in [0.4, 0.5) is 0 Å². The molecule has 2 aromatic carbocycles. The topological polar surface area (TPSA) is 46.5 Å². The summed E-state index contributed by atoms with van der Waals surface area (Å²) in [5.74, 6) is -0.911. The second kappa shape index (κ2) is 7.96. The molecular weight excluding hydrogens is 332 g/mol. The van der Waals surface area contributed by atoms with Gasteiger partial charge in [0.05, 0.1) is 5.56 Å². The molecule has 0 unspecified atom stereocenters. The van der Waals surface area contributed by atoms with Crippen molar-refractivity contribution < 1.29 is 14.6 Å². The number of carboxylic acids is 1. The van der Waals surface area contributed by atoms with Crippen molar-refractivity contribution in [1.29, 1.82) is 0 Å². The van der Waals surface area contributed by atoms with E-state index in [0.717, 1.165) is 28.8 Å². The van der Waals surface area contributed by atoms with Crippen molar-refractivity contribution in [2.45, 2.75) is 12.8 Å². The van der Waals surface area contributed by atoms with Crippen LogP contribution in [0.3, 0.4) is 0 Å². The summed E-state index contributed by atoms with van der Waals surface area (Å²) in [7, 11) is 0. The van der Waals surface area contributed by atoms with Gasteiger partial charge in [0.1, 0.15) is 0 Å². The molecule has 1 aliphatic heterocycles. The van der Waals surface area contributed by atoms with Gasteiger partial charge in [0, 0.05) is 17.7 Å². The second-order valence-corrected chi connectivity index (χ2v) is 5.60. The number of carboxylic acid groups (broad SMARTS) is 1. The summed E-state index contributed by atoms with van der Waals surface area (Å²) in [5.41, 5.74) is 1.94. The van der Waals surface area contributed by atoms with E-state index in [0.29, 0.717) is 5.56 Å². The minimum Gasteiger partial charge on any atom is -0.478 e. The van der Waals surface area contributed by atoms with E-state index < -0.39 is 5.97 Å². The fourth-order valence-electron chi connectivity index (χ4n) is 2.07. The van der Waals surface area contributed by atoms with E-state index in [4.69, 9.17) is 9.84 Å². The molecule has 3 nitrogen and oxygen atoms in total. The average molecular weight is 349 g/mol. The van der Waals surface area contributed by atoms with Crippen molar-refractivity contribution in [3.8, 4) is 11.1 Å². The van der Waals surface area contributed by atoms with Crippen molar-refractivity contribution in [3.05, 3.63) is 58.6 Å². The first-order valence-electron chi connectivity index (χ1n) is 6.84. The smallest absolute Gasteiger partial charge is 0.336 e. The molecule has 3 rings (SSSR count). The largest absolute Gasteiger partial charge is 0.478 e. The normalized spacial score (nSPS) is 13.4. The zero-order valence-corrected chi connectivity index (χ0v) is 13.2. The third-order valence-corrected chi connectivity index (χ3v) is 3.62. The van der Waals surface area contributed by atoms with Crippen LogP contribution in [0.1, 0.15) is 23.2 Å². The minimum atomic E-state index is -0.911. The number of hydrogen-bond acceptors (Lipinski definition) is 2. The summed E-state index contributed by atoms with van der Waals surface area (Å²) >= 11 is 3.35. The lowest BCUT2D eigenvalue weighted by Crippen LogP contribution is -1.99. The maximum absolute atomic E-state index is 11.1. The van der Waals surface area contributed by atoms with Gasteiger partial charge in [-0.3, -0.25) is 0 Å². The van der Waals surface area contributed by atoms with E-state index in [1.54, 1.807) is 12.1 Å². The molecule has 1 saturated heterocycles. The van der Waals surface area contributed by atoms with E-state index in [2.05, 4.69) is 15.9 Å². The van der Waals surface area contributed by atoms with E-state index in [-0.39, 0.29) is 0 Å². The Morgan fingerprint density at radius 3 is 2.24 bits per heavy atom. The molecule has 0 saturated carbocycles. The Morgan fingerprint density at radius 1 is 1.05 bits per heavy atom. The summed E-state index contributed by atoms with van der Waals surface area (Å²) in [6, 6.07) is 14.6. The third kappa shape index (κ3) is 4.69. The van der Waals surface area contributed by atoms with Crippen LogP contribution in [0.2, 0.25) is 0 Å².